The molecular weight excluding hydrogens is 426 g/mol. The van der Waals surface area contributed by atoms with Crippen molar-refractivity contribution in [2.24, 2.45) is 11.5 Å². The van der Waals surface area contributed by atoms with Crippen LogP contribution in [0.15, 0.2) is 24.3 Å². The molecule has 0 fully saturated rings. The Balaban J connectivity index is 2.75. The van der Waals surface area contributed by atoms with Crippen molar-refractivity contribution in [2.45, 2.75) is 37.4 Å². The molecule has 4 amide bonds. The van der Waals surface area contributed by atoms with Crippen LogP contribution in [0.1, 0.15) is 18.4 Å². The minimum absolute atomic E-state index is 0.0436. The molecule has 0 heterocycles. The molecule has 1 aromatic carbocycles. The lowest BCUT2D eigenvalue weighted by molar-refractivity contribution is -0.138. The Labute approximate surface area is 183 Å². The first-order valence-electron chi connectivity index (χ1n) is 9.56. The van der Waals surface area contributed by atoms with Crippen LogP contribution in [-0.2, 0) is 30.4 Å². The van der Waals surface area contributed by atoms with E-state index >= 15 is 0 Å². The van der Waals surface area contributed by atoms with Gasteiger partial charge in [-0.25, -0.2) is 0 Å². The molecule has 0 saturated heterocycles. The summed E-state index contributed by atoms with van der Waals surface area (Å²) in [5.74, 6) is -4.60. The fourth-order valence-corrected chi connectivity index (χ4v) is 2.57. The average Bonchev–Trinajstić information content (AvgIpc) is 2.74. The van der Waals surface area contributed by atoms with Crippen LogP contribution in [0.5, 0.6) is 5.75 Å². The first-order chi connectivity index (χ1) is 15.0. The van der Waals surface area contributed by atoms with Crippen molar-refractivity contribution in [3.63, 3.8) is 0 Å². The van der Waals surface area contributed by atoms with E-state index in [4.69, 9.17) is 16.6 Å². The largest absolute Gasteiger partial charge is 0.508 e. The maximum Gasteiger partial charge on any atom is 0.322 e. The number of amides is 4. The highest BCUT2D eigenvalue weighted by Gasteiger charge is 2.28. The Morgan fingerprint density at radius 3 is 2.06 bits per heavy atom. The lowest BCUT2D eigenvalue weighted by Gasteiger charge is -2.22. The fraction of sp³-hybridized carbons (Fsp3) is 0.421. The first kappa shape index (κ1) is 26.3. The van der Waals surface area contributed by atoms with E-state index in [9.17, 15) is 34.2 Å². The minimum Gasteiger partial charge on any atom is -0.508 e. The van der Waals surface area contributed by atoms with Gasteiger partial charge < -0.3 is 42.7 Å². The molecule has 0 radical (unpaired) electrons. The number of phenolic OH excluding ortho intramolecular Hbond substituents is 1. The van der Waals surface area contributed by atoms with Crippen molar-refractivity contribution in [3.8, 4) is 5.75 Å². The number of carbonyl (C=O) groups is 5. The first-order valence-corrected chi connectivity index (χ1v) is 9.56. The quantitative estimate of drug-likeness (QED) is 0.149. The van der Waals surface area contributed by atoms with Crippen LogP contribution in [-0.4, -0.2) is 76.2 Å². The highest BCUT2D eigenvalue weighted by molar-refractivity contribution is 5.94. The number of benzene rings is 1. The van der Waals surface area contributed by atoms with Crippen LogP contribution in [0, 0.1) is 0 Å². The molecule has 3 atom stereocenters. The summed E-state index contributed by atoms with van der Waals surface area (Å²) in [5, 5.41) is 34.0. The van der Waals surface area contributed by atoms with Crippen LogP contribution >= 0.6 is 0 Å². The zero-order valence-corrected chi connectivity index (χ0v) is 17.1. The molecule has 32 heavy (non-hydrogen) atoms. The Morgan fingerprint density at radius 2 is 1.53 bits per heavy atom. The Bertz CT molecular complexity index is 830. The SMILES string of the molecule is NC(=O)CCC(NC(=O)C(CO)NC(=O)C(N)Cc1ccc(O)cc1)C(=O)NCC(=O)O. The summed E-state index contributed by atoms with van der Waals surface area (Å²) in [6, 6.07) is 2.11. The number of rotatable bonds is 13. The molecule has 10 N–H and O–H groups in total. The van der Waals surface area contributed by atoms with E-state index in [0.717, 1.165) is 0 Å². The maximum absolute atomic E-state index is 12.5. The third-order valence-corrected chi connectivity index (χ3v) is 4.27. The van der Waals surface area contributed by atoms with Crippen molar-refractivity contribution in [1.82, 2.24) is 16.0 Å². The van der Waals surface area contributed by atoms with E-state index in [-0.39, 0.29) is 25.0 Å². The highest BCUT2D eigenvalue weighted by atomic mass is 16.4. The number of hydrogen-bond acceptors (Lipinski definition) is 8. The second kappa shape index (κ2) is 12.9. The predicted molar refractivity (Wildman–Crippen MR) is 110 cm³/mol. The van der Waals surface area contributed by atoms with E-state index < -0.39 is 60.9 Å². The van der Waals surface area contributed by atoms with Crippen LogP contribution in [0.4, 0.5) is 0 Å². The van der Waals surface area contributed by atoms with Crippen molar-refractivity contribution >= 4 is 29.6 Å². The van der Waals surface area contributed by atoms with Crippen LogP contribution in [0.3, 0.4) is 0 Å². The molecule has 0 spiro atoms. The van der Waals surface area contributed by atoms with Gasteiger partial charge in [0.05, 0.1) is 12.6 Å². The van der Waals surface area contributed by atoms with Crippen LogP contribution < -0.4 is 27.4 Å². The molecule has 0 aliphatic rings. The van der Waals surface area contributed by atoms with Crippen molar-refractivity contribution < 1.29 is 39.3 Å². The number of nitrogens with two attached hydrogens (primary N) is 2. The zero-order chi connectivity index (χ0) is 24.3. The van der Waals surface area contributed by atoms with Gasteiger partial charge in [0, 0.05) is 6.42 Å². The van der Waals surface area contributed by atoms with E-state index in [1.165, 1.54) is 12.1 Å². The van der Waals surface area contributed by atoms with Crippen molar-refractivity contribution in [2.75, 3.05) is 13.2 Å². The molecule has 0 aliphatic heterocycles. The van der Waals surface area contributed by atoms with Gasteiger partial charge >= 0.3 is 5.97 Å². The lowest BCUT2D eigenvalue weighted by atomic mass is 10.1. The second-order valence-electron chi connectivity index (χ2n) is 6.90. The molecule has 0 aromatic heterocycles. The molecule has 13 nitrogen and oxygen atoms in total. The number of nitrogens with one attached hydrogen (secondary N) is 3. The van der Waals surface area contributed by atoms with Crippen LogP contribution in [0.25, 0.3) is 0 Å². The maximum atomic E-state index is 12.5. The number of carboxylic acids is 1. The van der Waals surface area contributed by atoms with Gasteiger partial charge in [-0.3, -0.25) is 24.0 Å². The molecule has 0 bridgehead atoms. The Kier molecular flexibility index (Phi) is 10.6. The van der Waals surface area contributed by atoms with Crippen LogP contribution in [0.2, 0.25) is 0 Å². The summed E-state index contributed by atoms with van der Waals surface area (Å²) in [5.41, 5.74) is 11.5. The lowest BCUT2D eigenvalue weighted by Crippen LogP contribution is -2.57. The molecule has 0 aliphatic carbocycles. The van der Waals surface area contributed by atoms with Gasteiger partial charge in [0.1, 0.15) is 24.4 Å². The van der Waals surface area contributed by atoms with Gasteiger partial charge in [0.25, 0.3) is 0 Å². The molecule has 13 heteroatoms. The van der Waals surface area contributed by atoms with Gasteiger partial charge in [-0.1, -0.05) is 12.1 Å². The van der Waals surface area contributed by atoms with Crippen molar-refractivity contribution in [1.29, 1.82) is 0 Å². The van der Waals surface area contributed by atoms with Gasteiger partial charge in [0.2, 0.25) is 23.6 Å². The summed E-state index contributed by atoms with van der Waals surface area (Å²) in [7, 11) is 0. The summed E-state index contributed by atoms with van der Waals surface area (Å²) < 4.78 is 0. The fourth-order valence-electron chi connectivity index (χ4n) is 2.57. The summed E-state index contributed by atoms with van der Waals surface area (Å²) in [4.78, 5) is 58.5. The number of carboxylic acid groups (broad SMARTS) is 1. The standard InChI is InChI=1S/C19H27N5O8/c20-12(7-10-1-3-11(26)4-2-10)17(30)24-14(9-25)19(32)23-13(5-6-15(21)27)18(31)22-8-16(28)29/h1-4,12-14,25-26H,5-9,20H2,(H2,21,27)(H,22,31)(H,23,32)(H,24,30)(H,28,29). The van der Waals surface area contributed by atoms with Gasteiger partial charge in [-0.15, -0.1) is 0 Å². The molecule has 176 valence electrons. The second-order valence-corrected chi connectivity index (χ2v) is 6.90. The monoisotopic (exact) mass is 453 g/mol. The topological polar surface area (TPSA) is 234 Å². The smallest absolute Gasteiger partial charge is 0.322 e. The summed E-state index contributed by atoms with van der Waals surface area (Å²) in [6.07, 6.45) is -0.414. The van der Waals surface area contributed by atoms with E-state index in [1.54, 1.807) is 12.1 Å². The van der Waals surface area contributed by atoms with Gasteiger partial charge in [0.15, 0.2) is 0 Å². The van der Waals surface area contributed by atoms with E-state index in [1.807, 2.05) is 0 Å². The van der Waals surface area contributed by atoms with Gasteiger partial charge in [-0.2, -0.15) is 0 Å². The highest BCUT2D eigenvalue weighted by Crippen LogP contribution is 2.11. The number of aliphatic hydroxyl groups excluding tert-OH is 1. The zero-order valence-electron chi connectivity index (χ0n) is 17.1. The molecule has 1 aromatic rings. The Hall–Kier alpha value is -3.71. The van der Waals surface area contributed by atoms with Crippen molar-refractivity contribution in [3.05, 3.63) is 29.8 Å². The van der Waals surface area contributed by atoms with E-state index in [0.29, 0.717) is 5.56 Å². The number of aliphatic hydroxyl groups is 1. The number of hydrogen-bond donors (Lipinski definition) is 8. The van der Waals surface area contributed by atoms with Gasteiger partial charge in [-0.05, 0) is 30.5 Å². The normalized spacial score (nSPS) is 13.3. The third-order valence-electron chi connectivity index (χ3n) is 4.27. The Morgan fingerprint density at radius 1 is 0.938 bits per heavy atom. The minimum atomic E-state index is -1.46. The molecule has 0 saturated carbocycles. The molecular formula is C19H27N5O8. The third kappa shape index (κ3) is 9.40. The summed E-state index contributed by atoms with van der Waals surface area (Å²) in [6.45, 7) is -1.53. The number of aliphatic carboxylic acids is 1. The number of phenols is 1. The molecule has 1 rings (SSSR count). The number of carbonyl (C=O) groups excluding carboxylic acids is 4. The van der Waals surface area contributed by atoms with E-state index in [2.05, 4.69) is 16.0 Å². The molecule has 3 unspecified atom stereocenters. The predicted octanol–water partition coefficient (Wildman–Crippen LogP) is -3.31. The number of aromatic hydroxyl groups is 1. The number of primary amides is 1. The average molecular weight is 453 g/mol. The summed E-state index contributed by atoms with van der Waals surface area (Å²) >= 11 is 0.